The van der Waals surface area contributed by atoms with E-state index in [0.29, 0.717) is 11.3 Å². The Balaban J connectivity index is 1.97. The fourth-order valence-corrected chi connectivity index (χ4v) is 2.99. The van der Waals surface area contributed by atoms with E-state index in [0.717, 1.165) is 4.31 Å². The third-order valence-corrected chi connectivity index (χ3v) is 5.11. The lowest BCUT2D eigenvalue weighted by Crippen LogP contribution is -2.22. The molecule has 3 rings (SSSR count). The molecule has 0 amide bonds. The number of sulfonamides is 1. The highest BCUT2D eigenvalue weighted by Crippen LogP contribution is 2.21. The number of aliphatic imine (C=N–C) groups is 1. The van der Waals surface area contributed by atoms with E-state index in [1.165, 1.54) is 38.6 Å². The van der Waals surface area contributed by atoms with E-state index in [-0.39, 0.29) is 16.5 Å². The predicted octanol–water partition coefficient (Wildman–Crippen LogP) is 1.87. The zero-order valence-electron chi connectivity index (χ0n) is 13.0. The lowest BCUT2D eigenvalue weighted by atomic mass is 10.2. The smallest absolute Gasteiger partial charge is 0.363 e. The number of hydrogen-bond donors (Lipinski definition) is 0. The quantitative estimate of drug-likeness (QED) is 0.623. The Morgan fingerprint density at radius 2 is 1.96 bits per heavy atom. The number of esters is 1. The minimum atomic E-state index is -3.59. The molecule has 1 aromatic carbocycles. The van der Waals surface area contributed by atoms with Crippen LogP contribution in [0.1, 0.15) is 11.3 Å². The Morgan fingerprint density at radius 3 is 2.62 bits per heavy atom. The Kier molecular flexibility index (Phi) is 4.08. The summed E-state index contributed by atoms with van der Waals surface area (Å²) in [6, 6.07) is 9.44. The number of cyclic esters (lactones) is 1. The van der Waals surface area contributed by atoms with E-state index in [1.54, 1.807) is 24.3 Å². The summed E-state index contributed by atoms with van der Waals surface area (Å²) < 4.78 is 35.8. The summed E-state index contributed by atoms with van der Waals surface area (Å²) in [5.41, 5.74) is 0.481. The molecule has 124 valence electrons. The van der Waals surface area contributed by atoms with Crippen molar-refractivity contribution in [3.05, 3.63) is 59.7 Å². The Bertz CT molecular complexity index is 941. The molecule has 0 radical (unpaired) electrons. The van der Waals surface area contributed by atoms with E-state index < -0.39 is 16.0 Å². The normalized spacial score (nSPS) is 16.5. The maximum atomic E-state index is 12.2. The number of nitrogens with zero attached hydrogens (tertiary/aromatic N) is 2. The van der Waals surface area contributed by atoms with Gasteiger partial charge in [0.25, 0.3) is 0 Å². The van der Waals surface area contributed by atoms with Crippen LogP contribution in [0.15, 0.2) is 62.7 Å². The molecule has 0 aliphatic carbocycles. The molecule has 0 saturated heterocycles. The van der Waals surface area contributed by atoms with Crippen LogP contribution in [0.2, 0.25) is 0 Å². The van der Waals surface area contributed by atoms with E-state index in [4.69, 9.17) is 9.15 Å². The van der Waals surface area contributed by atoms with E-state index in [2.05, 4.69) is 4.99 Å². The van der Waals surface area contributed by atoms with Gasteiger partial charge < -0.3 is 9.15 Å². The van der Waals surface area contributed by atoms with Crippen LogP contribution in [-0.4, -0.2) is 38.7 Å². The first-order chi connectivity index (χ1) is 11.4. The van der Waals surface area contributed by atoms with Crippen LogP contribution in [0.3, 0.4) is 0 Å². The molecular formula is C16H14N2O5S. The average Bonchev–Trinajstić information content (AvgIpc) is 3.18. The first kappa shape index (κ1) is 16.2. The molecule has 0 spiro atoms. The van der Waals surface area contributed by atoms with Crippen molar-refractivity contribution in [3.8, 4) is 0 Å². The fourth-order valence-electron chi connectivity index (χ4n) is 2.04. The monoisotopic (exact) mass is 346 g/mol. The summed E-state index contributed by atoms with van der Waals surface area (Å²) in [4.78, 5) is 16.1. The number of carbonyl (C=O) groups is 1. The van der Waals surface area contributed by atoms with Gasteiger partial charge in [0, 0.05) is 25.7 Å². The molecule has 0 unspecified atom stereocenters. The van der Waals surface area contributed by atoms with Crippen LogP contribution < -0.4 is 0 Å². The molecule has 1 aromatic heterocycles. The van der Waals surface area contributed by atoms with Gasteiger partial charge in [-0.3, -0.25) is 0 Å². The maximum absolute atomic E-state index is 12.2. The van der Waals surface area contributed by atoms with Gasteiger partial charge in [0.05, 0.1) is 11.2 Å². The van der Waals surface area contributed by atoms with Crippen molar-refractivity contribution in [2.75, 3.05) is 14.1 Å². The van der Waals surface area contributed by atoms with Gasteiger partial charge >= 0.3 is 5.97 Å². The van der Waals surface area contributed by atoms with Crippen molar-refractivity contribution >= 4 is 28.0 Å². The van der Waals surface area contributed by atoms with E-state index in [9.17, 15) is 13.2 Å². The van der Waals surface area contributed by atoms with Gasteiger partial charge in [-0.2, -0.15) is 0 Å². The summed E-state index contributed by atoms with van der Waals surface area (Å²) in [5.74, 6) is -0.105. The fraction of sp³-hybridized carbons (Fsp3) is 0.125. The average molecular weight is 346 g/mol. The van der Waals surface area contributed by atoms with Crippen molar-refractivity contribution in [2.24, 2.45) is 4.99 Å². The molecule has 24 heavy (non-hydrogen) atoms. The maximum Gasteiger partial charge on any atom is 0.363 e. The summed E-state index contributed by atoms with van der Waals surface area (Å²) in [7, 11) is -0.701. The molecule has 7 nitrogen and oxygen atoms in total. The zero-order valence-corrected chi connectivity index (χ0v) is 13.8. The summed E-state index contributed by atoms with van der Waals surface area (Å²) >= 11 is 0. The van der Waals surface area contributed by atoms with Crippen molar-refractivity contribution in [1.29, 1.82) is 0 Å². The Labute approximate surface area is 138 Å². The van der Waals surface area contributed by atoms with Gasteiger partial charge in [0.1, 0.15) is 5.76 Å². The standard InChI is InChI=1S/C16H14N2O5S/c1-18(2)24(20,21)13-7-3-5-11(9-13)15-17-14(16(19)23-15)10-12-6-4-8-22-12/h3-10H,1-2H3/b14-10-. The Morgan fingerprint density at radius 1 is 1.17 bits per heavy atom. The topological polar surface area (TPSA) is 89.2 Å². The molecule has 0 saturated carbocycles. The van der Waals surface area contributed by atoms with Crippen LogP contribution in [0.5, 0.6) is 0 Å². The number of furan rings is 1. The number of carbonyl (C=O) groups excluding carboxylic acids is 1. The molecule has 8 heteroatoms. The first-order valence-corrected chi connectivity index (χ1v) is 8.41. The van der Waals surface area contributed by atoms with Gasteiger partial charge in [-0.25, -0.2) is 22.5 Å². The molecule has 1 aliphatic heterocycles. The molecule has 0 atom stereocenters. The molecular weight excluding hydrogens is 332 g/mol. The van der Waals surface area contributed by atoms with Crippen molar-refractivity contribution in [1.82, 2.24) is 4.31 Å². The highest BCUT2D eigenvalue weighted by molar-refractivity contribution is 7.89. The van der Waals surface area contributed by atoms with Crippen LogP contribution in [0.4, 0.5) is 0 Å². The van der Waals surface area contributed by atoms with Crippen molar-refractivity contribution in [3.63, 3.8) is 0 Å². The second-order valence-electron chi connectivity index (χ2n) is 5.17. The van der Waals surface area contributed by atoms with Crippen LogP contribution >= 0.6 is 0 Å². The van der Waals surface area contributed by atoms with Crippen LogP contribution in [0, 0.1) is 0 Å². The van der Waals surface area contributed by atoms with E-state index in [1.807, 2.05) is 0 Å². The molecule has 2 heterocycles. The van der Waals surface area contributed by atoms with E-state index >= 15 is 0 Å². The number of hydrogen-bond acceptors (Lipinski definition) is 6. The van der Waals surface area contributed by atoms with Gasteiger partial charge in [-0.15, -0.1) is 0 Å². The zero-order chi connectivity index (χ0) is 17.3. The summed E-state index contributed by atoms with van der Waals surface area (Å²) in [6.07, 6.45) is 2.93. The van der Waals surface area contributed by atoms with Gasteiger partial charge in [-0.05, 0) is 30.3 Å². The highest BCUT2D eigenvalue weighted by atomic mass is 32.2. The molecule has 2 aromatic rings. The molecule has 0 N–H and O–H groups in total. The number of benzene rings is 1. The summed E-state index contributed by atoms with van der Waals surface area (Å²) in [6.45, 7) is 0. The van der Waals surface area contributed by atoms with Crippen LogP contribution in [0.25, 0.3) is 6.08 Å². The first-order valence-electron chi connectivity index (χ1n) is 6.97. The number of ether oxygens (including phenoxy) is 1. The number of rotatable bonds is 4. The van der Waals surface area contributed by atoms with Gasteiger partial charge in [-0.1, -0.05) is 6.07 Å². The largest absolute Gasteiger partial charge is 0.465 e. The minimum Gasteiger partial charge on any atom is -0.465 e. The third-order valence-electron chi connectivity index (χ3n) is 3.30. The third kappa shape index (κ3) is 3.01. The Hall–Kier alpha value is -2.71. The van der Waals surface area contributed by atoms with Crippen molar-refractivity contribution in [2.45, 2.75) is 4.90 Å². The summed E-state index contributed by atoms with van der Waals surface area (Å²) in [5, 5.41) is 0. The highest BCUT2D eigenvalue weighted by Gasteiger charge is 2.26. The second kappa shape index (κ2) is 6.06. The predicted molar refractivity (Wildman–Crippen MR) is 86.6 cm³/mol. The lowest BCUT2D eigenvalue weighted by Gasteiger charge is -2.11. The second-order valence-corrected chi connectivity index (χ2v) is 7.32. The van der Waals surface area contributed by atoms with Gasteiger partial charge in [0.15, 0.2) is 5.70 Å². The molecule has 0 bridgehead atoms. The SMILES string of the molecule is CN(C)S(=O)(=O)c1cccc(C2=N/C(=C\c3ccco3)C(=O)O2)c1. The molecule has 1 aliphatic rings. The van der Waals surface area contributed by atoms with Crippen LogP contribution in [-0.2, 0) is 19.6 Å². The van der Waals surface area contributed by atoms with Crippen molar-refractivity contribution < 1.29 is 22.4 Å². The lowest BCUT2D eigenvalue weighted by molar-refractivity contribution is -0.129. The minimum absolute atomic E-state index is 0.0496. The molecule has 0 fully saturated rings. The van der Waals surface area contributed by atoms with Gasteiger partial charge in [0.2, 0.25) is 15.9 Å².